The number of amides is 1. The van der Waals surface area contributed by atoms with Crippen LogP contribution in [0.15, 0.2) is 44.9 Å². The zero-order valence-electron chi connectivity index (χ0n) is 12.2. The van der Waals surface area contributed by atoms with E-state index < -0.39 is 21.1 Å². The minimum atomic E-state index is -4.66. The number of halogens is 1. The Morgan fingerprint density at radius 1 is 1.35 bits per heavy atom. The number of hydrogen-bond acceptors (Lipinski definition) is 6. The van der Waals surface area contributed by atoms with Gasteiger partial charge in [-0.3, -0.25) is 4.79 Å². The summed E-state index contributed by atoms with van der Waals surface area (Å²) in [5, 5.41) is 3.17. The molecule has 0 fully saturated rings. The van der Waals surface area contributed by atoms with E-state index in [0.29, 0.717) is 0 Å². The fourth-order valence-electron chi connectivity index (χ4n) is 1.56. The molecule has 0 spiro atoms. The third kappa shape index (κ3) is 5.45. The smallest absolute Gasteiger partial charge is 0.742 e. The second-order valence-electron chi connectivity index (χ2n) is 4.29. The van der Waals surface area contributed by atoms with E-state index in [0.717, 1.165) is 17.8 Å². The van der Waals surface area contributed by atoms with Crippen LogP contribution in [0.4, 0.5) is 0 Å². The third-order valence-corrected chi connectivity index (χ3v) is 3.60. The summed E-state index contributed by atoms with van der Waals surface area (Å²) >= 11 is 5.94. The van der Waals surface area contributed by atoms with Gasteiger partial charge in [0.1, 0.15) is 5.76 Å². The average molecular weight is 365 g/mol. The van der Waals surface area contributed by atoms with Crippen LogP contribution in [-0.2, 0) is 10.1 Å². The van der Waals surface area contributed by atoms with Crippen molar-refractivity contribution in [2.24, 2.45) is 5.10 Å². The van der Waals surface area contributed by atoms with Gasteiger partial charge in [-0.15, -0.1) is 0 Å². The van der Waals surface area contributed by atoms with Gasteiger partial charge in [-0.2, -0.15) is 5.10 Å². The van der Waals surface area contributed by atoms with Crippen LogP contribution in [0.1, 0.15) is 21.7 Å². The van der Waals surface area contributed by atoms with Crippen molar-refractivity contribution in [3.63, 3.8) is 0 Å². The van der Waals surface area contributed by atoms with Gasteiger partial charge in [-0.05, 0) is 36.8 Å². The molecule has 0 radical (unpaired) electrons. The van der Waals surface area contributed by atoms with Crippen LogP contribution in [0, 0.1) is 6.92 Å². The van der Waals surface area contributed by atoms with Gasteiger partial charge in [0.05, 0.1) is 16.8 Å². The van der Waals surface area contributed by atoms with Crippen LogP contribution in [0.2, 0.25) is 5.02 Å². The fraction of sp³-hybridized carbons (Fsp3) is 0.0769. The zero-order chi connectivity index (χ0) is 16.3. The molecule has 0 atom stereocenters. The molecule has 0 saturated heterocycles. The third-order valence-electron chi connectivity index (χ3n) is 2.58. The molecule has 0 aliphatic heterocycles. The molecular formula is C13H10ClN2NaO5S. The number of furan rings is 1. The maximum absolute atomic E-state index is 11.8. The van der Waals surface area contributed by atoms with Gasteiger partial charge in [0.15, 0.2) is 10.1 Å². The topological polar surface area (TPSA) is 112 Å². The molecule has 0 bridgehead atoms. The monoisotopic (exact) mass is 364 g/mol. The molecule has 7 nitrogen and oxygen atoms in total. The average Bonchev–Trinajstić information content (AvgIpc) is 2.87. The molecule has 23 heavy (non-hydrogen) atoms. The molecule has 1 aromatic carbocycles. The van der Waals surface area contributed by atoms with E-state index >= 15 is 0 Å². The van der Waals surface area contributed by atoms with Crippen molar-refractivity contribution in [2.45, 2.75) is 12.0 Å². The second kappa shape index (κ2) is 8.09. The van der Waals surface area contributed by atoms with Gasteiger partial charge in [0, 0.05) is 0 Å². The summed E-state index contributed by atoms with van der Waals surface area (Å²) in [6.07, 6.45) is 1.06. The van der Waals surface area contributed by atoms with Crippen molar-refractivity contribution in [1.82, 2.24) is 5.43 Å². The first-order valence-corrected chi connectivity index (χ1v) is 7.71. The largest absolute Gasteiger partial charge is 1.00 e. The Labute approximate surface area is 159 Å². The number of rotatable bonds is 4. The summed E-state index contributed by atoms with van der Waals surface area (Å²) < 4.78 is 36.8. The van der Waals surface area contributed by atoms with Gasteiger partial charge in [0.2, 0.25) is 5.09 Å². The second-order valence-corrected chi connectivity index (χ2v) is 6.01. The molecular weight excluding hydrogens is 355 g/mol. The molecule has 1 heterocycles. The number of nitrogens with one attached hydrogen (secondary N) is 1. The Morgan fingerprint density at radius 2 is 2.04 bits per heavy atom. The first-order chi connectivity index (χ1) is 10.3. The van der Waals surface area contributed by atoms with E-state index in [1.54, 1.807) is 18.2 Å². The molecule has 1 amide bonds. The number of hydrazone groups is 1. The quantitative estimate of drug-likeness (QED) is 0.321. The normalized spacial score (nSPS) is 11.3. The summed E-state index contributed by atoms with van der Waals surface area (Å²) in [6, 6.07) is 7.15. The summed E-state index contributed by atoms with van der Waals surface area (Å²) in [4.78, 5) is 11.8. The molecule has 1 N–H and O–H groups in total. The molecule has 1 aromatic heterocycles. The van der Waals surface area contributed by atoms with Crippen LogP contribution in [0.3, 0.4) is 0 Å². The van der Waals surface area contributed by atoms with Crippen molar-refractivity contribution in [3.05, 3.63) is 52.2 Å². The van der Waals surface area contributed by atoms with Gasteiger partial charge in [-0.25, -0.2) is 13.8 Å². The van der Waals surface area contributed by atoms with Crippen molar-refractivity contribution >= 4 is 33.8 Å². The summed E-state index contributed by atoms with van der Waals surface area (Å²) in [5.74, 6) is -0.533. The number of benzene rings is 1. The first-order valence-electron chi connectivity index (χ1n) is 5.92. The number of nitrogens with zero attached hydrogens (tertiary/aromatic N) is 1. The predicted octanol–water partition coefficient (Wildman–Crippen LogP) is -1.09. The Hall–Kier alpha value is -1.16. The fourth-order valence-corrected chi connectivity index (χ4v) is 2.31. The first kappa shape index (κ1) is 19.9. The maximum atomic E-state index is 11.8. The number of carbonyl (C=O) groups is 1. The van der Waals surface area contributed by atoms with Crippen LogP contribution in [0.25, 0.3) is 0 Å². The molecule has 116 valence electrons. The van der Waals surface area contributed by atoms with Crippen molar-refractivity contribution in [1.29, 1.82) is 0 Å². The predicted molar refractivity (Wildman–Crippen MR) is 77.9 cm³/mol. The van der Waals surface area contributed by atoms with Crippen molar-refractivity contribution in [3.8, 4) is 0 Å². The number of hydrogen-bond donors (Lipinski definition) is 1. The van der Waals surface area contributed by atoms with Gasteiger partial charge >= 0.3 is 29.6 Å². The van der Waals surface area contributed by atoms with Gasteiger partial charge in [-0.1, -0.05) is 17.7 Å². The van der Waals surface area contributed by atoms with Crippen molar-refractivity contribution in [2.75, 3.05) is 0 Å². The summed E-state index contributed by atoms with van der Waals surface area (Å²) in [7, 11) is -4.66. The van der Waals surface area contributed by atoms with Crippen LogP contribution in [-0.4, -0.2) is 25.1 Å². The minimum absolute atomic E-state index is 0. The van der Waals surface area contributed by atoms with Crippen molar-refractivity contribution < 1.29 is 51.7 Å². The Bertz CT molecular complexity index is 848. The van der Waals surface area contributed by atoms with E-state index in [1.807, 2.05) is 6.92 Å². The molecule has 2 rings (SSSR count). The van der Waals surface area contributed by atoms with Gasteiger partial charge in [0.25, 0.3) is 5.91 Å². The Kier molecular flexibility index (Phi) is 7.00. The van der Waals surface area contributed by atoms with E-state index in [9.17, 15) is 17.8 Å². The molecule has 0 aliphatic carbocycles. The SMILES string of the molecule is Cc1ccc(C(=O)N/N=C/c2ccc(S(=O)(=O)[O-])o2)c(Cl)c1.[Na+]. The standard InChI is InChI=1S/C13H11ClN2O5S.Na/c1-8-2-4-10(11(14)6-8)13(17)16-15-7-9-3-5-12(21-9)22(18,19)20;/h2-7H,1H3,(H,16,17)(H,18,19,20);/q;+1/p-1/b15-7+;. The Morgan fingerprint density at radius 3 is 2.61 bits per heavy atom. The van der Waals surface area contributed by atoms with E-state index in [-0.39, 0.29) is 45.9 Å². The van der Waals surface area contributed by atoms with Crippen LogP contribution < -0.4 is 35.0 Å². The molecule has 0 unspecified atom stereocenters. The van der Waals surface area contributed by atoms with E-state index in [4.69, 9.17) is 16.0 Å². The van der Waals surface area contributed by atoms with Gasteiger partial charge < -0.3 is 8.97 Å². The van der Waals surface area contributed by atoms with E-state index in [1.165, 1.54) is 6.07 Å². The molecule has 0 saturated carbocycles. The molecule has 0 aliphatic rings. The maximum Gasteiger partial charge on any atom is 1.00 e. The molecule has 10 heteroatoms. The number of aryl methyl sites for hydroxylation is 1. The number of carbonyl (C=O) groups excluding carboxylic acids is 1. The minimum Gasteiger partial charge on any atom is -0.742 e. The summed E-state index contributed by atoms with van der Waals surface area (Å²) in [5.41, 5.74) is 3.37. The summed E-state index contributed by atoms with van der Waals surface area (Å²) in [6.45, 7) is 1.84. The van der Waals surface area contributed by atoms with Crippen LogP contribution >= 0.6 is 11.6 Å². The molecule has 2 aromatic rings. The van der Waals surface area contributed by atoms with E-state index in [2.05, 4.69) is 10.5 Å². The van der Waals surface area contributed by atoms with Crippen LogP contribution in [0.5, 0.6) is 0 Å². The Balaban J connectivity index is 0.00000264. The zero-order valence-corrected chi connectivity index (χ0v) is 15.8.